The van der Waals surface area contributed by atoms with Gasteiger partial charge in [0.25, 0.3) is 0 Å². The molecule has 0 aromatic heterocycles. The fraction of sp³-hybridized carbons (Fsp3) is 0.312. The fourth-order valence-electron chi connectivity index (χ4n) is 1.56. The molecule has 0 aliphatic heterocycles. The molecule has 0 spiro atoms. The highest BCUT2D eigenvalue weighted by molar-refractivity contribution is 5.75. The topological polar surface area (TPSA) is 44.8 Å². The maximum Gasteiger partial charge on any atom is 0.203 e. The van der Waals surface area contributed by atoms with Crippen LogP contribution in [0.1, 0.15) is 19.4 Å². The highest BCUT2D eigenvalue weighted by Crippen LogP contribution is 2.39. The Bertz CT molecular complexity index is 490. The number of aldehydes is 1. The van der Waals surface area contributed by atoms with Crippen LogP contribution in [0.25, 0.3) is 6.08 Å². The minimum absolute atomic E-state index is 0.465. The molecule has 4 heteroatoms. The first-order valence-corrected chi connectivity index (χ1v) is 6.28. The number of ether oxygens (including phenoxy) is 3. The van der Waals surface area contributed by atoms with Gasteiger partial charge < -0.3 is 14.2 Å². The molecule has 1 rings (SSSR count). The Morgan fingerprint density at radius 2 is 1.80 bits per heavy atom. The largest absolute Gasteiger partial charge is 0.493 e. The van der Waals surface area contributed by atoms with Gasteiger partial charge in [-0.2, -0.15) is 0 Å². The number of carbonyl (C=O) groups excluding carboxylic acids is 1. The highest BCUT2D eigenvalue weighted by atomic mass is 16.5. The van der Waals surface area contributed by atoms with Gasteiger partial charge in [-0.1, -0.05) is 12.2 Å². The molecule has 0 saturated carbocycles. The maximum absolute atomic E-state index is 10.4. The summed E-state index contributed by atoms with van der Waals surface area (Å²) in [5.74, 6) is 1.69. The molecule has 0 amide bonds. The Morgan fingerprint density at radius 3 is 2.25 bits per heavy atom. The van der Waals surface area contributed by atoms with Gasteiger partial charge >= 0.3 is 0 Å². The van der Waals surface area contributed by atoms with Crippen molar-refractivity contribution in [2.45, 2.75) is 13.8 Å². The summed E-state index contributed by atoms with van der Waals surface area (Å²) >= 11 is 0. The maximum atomic E-state index is 10.4. The normalized spacial score (nSPS) is 11.5. The Hall–Kier alpha value is -2.23. The summed E-state index contributed by atoms with van der Waals surface area (Å²) in [7, 11) is 3.13. The second kappa shape index (κ2) is 8.04. The van der Waals surface area contributed by atoms with Crippen molar-refractivity contribution in [2.75, 3.05) is 20.8 Å². The van der Waals surface area contributed by atoms with E-state index in [9.17, 15) is 4.79 Å². The van der Waals surface area contributed by atoms with E-state index in [4.69, 9.17) is 14.2 Å². The molecule has 20 heavy (non-hydrogen) atoms. The van der Waals surface area contributed by atoms with E-state index in [1.54, 1.807) is 32.4 Å². The van der Waals surface area contributed by atoms with Crippen LogP contribution in [0.2, 0.25) is 0 Å². The van der Waals surface area contributed by atoms with Crippen molar-refractivity contribution < 1.29 is 19.0 Å². The number of allylic oxidation sites excluding steroid dienone is 2. The summed E-state index contributed by atoms with van der Waals surface area (Å²) in [6.07, 6.45) is 5.80. The minimum atomic E-state index is 0.465. The van der Waals surface area contributed by atoms with Crippen LogP contribution >= 0.6 is 0 Å². The third kappa shape index (κ3) is 4.16. The molecule has 0 saturated heterocycles. The molecule has 0 bridgehead atoms. The van der Waals surface area contributed by atoms with Crippen LogP contribution in [0.3, 0.4) is 0 Å². The summed E-state index contributed by atoms with van der Waals surface area (Å²) in [4.78, 5) is 10.4. The molecule has 108 valence electrons. The van der Waals surface area contributed by atoms with Crippen LogP contribution in [-0.2, 0) is 4.79 Å². The summed E-state index contributed by atoms with van der Waals surface area (Å²) in [6.45, 7) is 4.41. The van der Waals surface area contributed by atoms with Gasteiger partial charge in [-0.15, -0.1) is 0 Å². The van der Waals surface area contributed by atoms with Crippen LogP contribution in [-0.4, -0.2) is 27.1 Å². The molecular weight excluding hydrogens is 256 g/mol. The van der Waals surface area contributed by atoms with Gasteiger partial charge in [-0.05, 0) is 43.2 Å². The molecular formula is C16H20O4. The average molecular weight is 276 g/mol. The molecule has 0 heterocycles. The van der Waals surface area contributed by atoms with E-state index in [2.05, 4.69) is 0 Å². The van der Waals surface area contributed by atoms with E-state index in [0.717, 1.165) is 17.4 Å². The number of carbonyl (C=O) groups is 1. The molecule has 0 aliphatic carbocycles. The van der Waals surface area contributed by atoms with Crippen molar-refractivity contribution in [3.8, 4) is 17.2 Å². The molecule has 0 unspecified atom stereocenters. The summed E-state index contributed by atoms with van der Waals surface area (Å²) in [5, 5.41) is 0. The van der Waals surface area contributed by atoms with Crippen LogP contribution in [0.15, 0.2) is 29.9 Å². The van der Waals surface area contributed by atoms with Gasteiger partial charge in [-0.3, -0.25) is 4.79 Å². The van der Waals surface area contributed by atoms with E-state index >= 15 is 0 Å². The molecule has 1 aromatic carbocycles. The number of methoxy groups -OCH3 is 2. The Balaban J connectivity index is 3.14. The lowest BCUT2D eigenvalue weighted by Crippen LogP contribution is -2.02. The molecule has 0 radical (unpaired) electrons. The molecule has 0 aliphatic rings. The quantitative estimate of drug-likeness (QED) is 0.435. The van der Waals surface area contributed by atoms with Crippen molar-refractivity contribution in [1.82, 2.24) is 0 Å². The molecule has 4 nitrogen and oxygen atoms in total. The molecule has 0 fully saturated rings. The Labute approximate surface area is 119 Å². The van der Waals surface area contributed by atoms with Gasteiger partial charge in [0.15, 0.2) is 11.5 Å². The van der Waals surface area contributed by atoms with E-state index in [1.807, 2.05) is 19.9 Å². The van der Waals surface area contributed by atoms with Crippen LogP contribution in [0.4, 0.5) is 0 Å². The monoisotopic (exact) mass is 276 g/mol. The smallest absolute Gasteiger partial charge is 0.203 e. The zero-order valence-corrected chi connectivity index (χ0v) is 12.3. The standard InChI is InChI=1S/C16H20O4/c1-5-12(2)11-20-16-14(18-3)9-13(7-6-8-17)10-15(16)19-4/h5-10H,11H2,1-4H3/b7-6+,12-5+. The van der Waals surface area contributed by atoms with E-state index in [0.29, 0.717) is 23.9 Å². The molecule has 0 atom stereocenters. The second-order valence-electron chi connectivity index (χ2n) is 4.17. The first kappa shape index (κ1) is 15.8. The number of rotatable bonds is 7. The average Bonchev–Trinajstić information content (AvgIpc) is 2.49. The third-order valence-corrected chi connectivity index (χ3v) is 2.79. The van der Waals surface area contributed by atoms with E-state index in [-0.39, 0.29) is 0 Å². The van der Waals surface area contributed by atoms with Gasteiger partial charge in [0, 0.05) is 0 Å². The number of hydrogen-bond donors (Lipinski definition) is 0. The zero-order valence-electron chi connectivity index (χ0n) is 12.3. The second-order valence-corrected chi connectivity index (χ2v) is 4.17. The van der Waals surface area contributed by atoms with Gasteiger partial charge in [-0.25, -0.2) is 0 Å². The Kier molecular flexibility index (Phi) is 6.37. The Morgan fingerprint density at radius 1 is 1.20 bits per heavy atom. The van der Waals surface area contributed by atoms with E-state index < -0.39 is 0 Å². The minimum Gasteiger partial charge on any atom is -0.493 e. The summed E-state index contributed by atoms with van der Waals surface area (Å²) in [6, 6.07) is 3.59. The number of benzene rings is 1. The predicted molar refractivity (Wildman–Crippen MR) is 79.6 cm³/mol. The molecule has 1 aromatic rings. The highest BCUT2D eigenvalue weighted by Gasteiger charge is 2.13. The van der Waals surface area contributed by atoms with Crippen molar-refractivity contribution in [1.29, 1.82) is 0 Å². The first-order valence-electron chi connectivity index (χ1n) is 6.28. The zero-order chi connectivity index (χ0) is 15.0. The summed E-state index contributed by atoms with van der Waals surface area (Å²) < 4.78 is 16.4. The fourth-order valence-corrected chi connectivity index (χ4v) is 1.56. The first-order chi connectivity index (χ1) is 9.65. The van der Waals surface area contributed by atoms with Crippen molar-refractivity contribution in [3.63, 3.8) is 0 Å². The van der Waals surface area contributed by atoms with Gasteiger partial charge in [0.1, 0.15) is 12.9 Å². The lowest BCUT2D eigenvalue weighted by atomic mass is 10.1. The van der Waals surface area contributed by atoms with Crippen molar-refractivity contribution in [3.05, 3.63) is 35.4 Å². The molecule has 0 N–H and O–H groups in total. The van der Waals surface area contributed by atoms with Crippen LogP contribution < -0.4 is 14.2 Å². The SMILES string of the molecule is C/C=C(\C)COc1c(OC)cc(/C=C/C=O)cc1OC. The van der Waals surface area contributed by atoms with Crippen molar-refractivity contribution in [2.24, 2.45) is 0 Å². The van der Waals surface area contributed by atoms with E-state index in [1.165, 1.54) is 6.08 Å². The van der Waals surface area contributed by atoms with Gasteiger partial charge in [0.05, 0.1) is 14.2 Å². The van der Waals surface area contributed by atoms with Crippen LogP contribution in [0.5, 0.6) is 17.2 Å². The predicted octanol–water partition coefficient (Wildman–Crippen LogP) is 3.26. The lowest BCUT2D eigenvalue weighted by molar-refractivity contribution is -0.104. The van der Waals surface area contributed by atoms with Gasteiger partial charge in [0.2, 0.25) is 5.75 Å². The number of hydrogen-bond acceptors (Lipinski definition) is 4. The van der Waals surface area contributed by atoms with Crippen molar-refractivity contribution >= 4 is 12.4 Å². The third-order valence-electron chi connectivity index (χ3n) is 2.79. The van der Waals surface area contributed by atoms with Crippen LogP contribution in [0, 0.1) is 0 Å². The lowest BCUT2D eigenvalue weighted by Gasteiger charge is -2.15. The summed E-state index contributed by atoms with van der Waals surface area (Å²) in [5.41, 5.74) is 1.92.